The predicted molar refractivity (Wildman–Crippen MR) is 98.4 cm³/mol. The van der Waals surface area contributed by atoms with E-state index in [2.05, 4.69) is 54.8 Å². The summed E-state index contributed by atoms with van der Waals surface area (Å²) in [6.45, 7) is 8.36. The largest absolute Gasteiger partial charge is 0.508 e. The van der Waals surface area contributed by atoms with Crippen molar-refractivity contribution in [3.63, 3.8) is 0 Å². The summed E-state index contributed by atoms with van der Waals surface area (Å²) in [6.07, 6.45) is 4.16. The minimum absolute atomic E-state index is 0.00405. The topological polar surface area (TPSA) is 23.5 Å². The molecule has 2 heteroatoms. The first-order valence-electron chi connectivity index (χ1n) is 8.89. The van der Waals surface area contributed by atoms with Crippen molar-refractivity contribution in [3.8, 4) is 5.75 Å². The van der Waals surface area contributed by atoms with Crippen LogP contribution in [-0.4, -0.2) is 29.1 Å². The van der Waals surface area contributed by atoms with E-state index in [1.54, 1.807) is 0 Å². The first-order chi connectivity index (χ1) is 11.7. The van der Waals surface area contributed by atoms with Gasteiger partial charge in [-0.25, -0.2) is 0 Å². The van der Waals surface area contributed by atoms with Crippen LogP contribution in [0.5, 0.6) is 5.75 Å². The molecule has 2 aliphatic rings. The van der Waals surface area contributed by atoms with Crippen LogP contribution in [0.2, 0.25) is 0 Å². The monoisotopic (exact) mass is 319 g/mol. The van der Waals surface area contributed by atoms with Gasteiger partial charge in [-0.1, -0.05) is 49.4 Å². The number of fused-ring (bicyclic) bond motifs is 4. The Bertz CT molecular complexity index is 754. The van der Waals surface area contributed by atoms with E-state index in [9.17, 15) is 5.11 Å². The molecule has 1 aliphatic heterocycles. The van der Waals surface area contributed by atoms with Gasteiger partial charge in [-0.05, 0) is 54.1 Å². The lowest BCUT2D eigenvalue weighted by atomic mass is 9.55. The van der Waals surface area contributed by atoms with Gasteiger partial charge in [0.05, 0.1) is 0 Å². The molecule has 2 aromatic rings. The molecule has 0 amide bonds. The van der Waals surface area contributed by atoms with Gasteiger partial charge >= 0.3 is 0 Å². The fraction of sp³-hybridized carbons (Fsp3) is 0.364. The highest BCUT2D eigenvalue weighted by Crippen LogP contribution is 2.53. The van der Waals surface area contributed by atoms with Crippen LogP contribution in [0.1, 0.15) is 30.0 Å². The van der Waals surface area contributed by atoms with Crippen LogP contribution < -0.4 is 0 Å². The summed E-state index contributed by atoms with van der Waals surface area (Å²) in [7, 11) is 0. The molecule has 2 nitrogen and oxygen atoms in total. The summed E-state index contributed by atoms with van der Waals surface area (Å²) >= 11 is 0. The van der Waals surface area contributed by atoms with Crippen molar-refractivity contribution in [2.75, 3.05) is 13.1 Å². The Labute approximate surface area is 144 Å². The van der Waals surface area contributed by atoms with Crippen LogP contribution in [0.3, 0.4) is 0 Å². The Balaban J connectivity index is 1.93. The summed E-state index contributed by atoms with van der Waals surface area (Å²) in [5.41, 5.74) is 4.09. The van der Waals surface area contributed by atoms with Crippen LogP contribution in [0.15, 0.2) is 61.2 Å². The highest BCUT2D eigenvalue weighted by molar-refractivity contribution is 5.51. The Morgan fingerprint density at radius 1 is 1.25 bits per heavy atom. The van der Waals surface area contributed by atoms with E-state index in [-0.39, 0.29) is 5.41 Å². The van der Waals surface area contributed by atoms with Gasteiger partial charge in [0.1, 0.15) is 5.75 Å². The maximum Gasteiger partial charge on any atom is 0.115 e. The lowest BCUT2D eigenvalue weighted by Crippen LogP contribution is -2.59. The quantitative estimate of drug-likeness (QED) is 0.860. The van der Waals surface area contributed by atoms with E-state index in [4.69, 9.17) is 0 Å². The zero-order chi connectivity index (χ0) is 16.7. The minimum atomic E-state index is -0.00405. The van der Waals surface area contributed by atoms with Crippen molar-refractivity contribution in [1.82, 2.24) is 4.90 Å². The molecule has 0 aromatic heterocycles. The van der Waals surface area contributed by atoms with Gasteiger partial charge in [0.15, 0.2) is 0 Å². The molecular weight excluding hydrogens is 294 g/mol. The molecule has 0 spiro atoms. The second-order valence-corrected chi connectivity index (χ2v) is 7.27. The average Bonchev–Trinajstić information content (AvgIpc) is 2.60. The van der Waals surface area contributed by atoms with Gasteiger partial charge in [-0.15, -0.1) is 6.58 Å². The lowest BCUT2D eigenvalue weighted by molar-refractivity contribution is 0.0499. The van der Waals surface area contributed by atoms with E-state index in [1.807, 2.05) is 18.2 Å². The normalized spacial score (nSPS) is 29.0. The van der Waals surface area contributed by atoms with Gasteiger partial charge in [-0.3, -0.25) is 4.90 Å². The van der Waals surface area contributed by atoms with Crippen LogP contribution in [0, 0.1) is 5.92 Å². The summed E-state index contributed by atoms with van der Waals surface area (Å²) in [6, 6.07) is 17.4. The second kappa shape index (κ2) is 5.78. The first kappa shape index (κ1) is 15.5. The van der Waals surface area contributed by atoms with Gasteiger partial charge in [-0.2, -0.15) is 0 Å². The molecule has 1 N–H and O–H groups in total. The Hall–Kier alpha value is -2.06. The molecule has 1 saturated heterocycles. The number of hydrogen-bond donors (Lipinski definition) is 1. The second-order valence-electron chi connectivity index (χ2n) is 7.27. The molecule has 0 saturated carbocycles. The Kier molecular flexibility index (Phi) is 3.73. The number of aromatic hydroxyl groups is 1. The molecule has 24 heavy (non-hydrogen) atoms. The number of hydrogen-bond acceptors (Lipinski definition) is 2. The van der Waals surface area contributed by atoms with Crippen molar-refractivity contribution in [2.24, 2.45) is 5.92 Å². The number of phenolic OH excluding ortho intramolecular Hbond substituents is 1. The highest BCUT2D eigenvalue weighted by Gasteiger charge is 2.51. The fourth-order valence-corrected chi connectivity index (χ4v) is 5.12. The number of piperidine rings is 1. The number of benzene rings is 2. The molecule has 0 radical (unpaired) electrons. The van der Waals surface area contributed by atoms with Crippen molar-refractivity contribution < 1.29 is 5.11 Å². The minimum Gasteiger partial charge on any atom is -0.508 e. The zero-order valence-corrected chi connectivity index (χ0v) is 14.3. The SMILES string of the molecule is C=CCN1CCC2(c3ccccc3)c3cc(O)ccc3CC1C2C. The summed E-state index contributed by atoms with van der Waals surface area (Å²) < 4.78 is 0. The molecule has 1 fully saturated rings. The Morgan fingerprint density at radius 2 is 2.04 bits per heavy atom. The number of rotatable bonds is 3. The molecule has 2 aromatic carbocycles. The van der Waals surface area contributed by atoms with Crippen LogP contribution in [-0.2, 0) is 11.8 Å². The molecule has 1 aliphatic carbocycles. The fourth-order valence-electron chi connectivity index (χ4n) is 5.12. The molecule has 4 rings (SSSR count). The maximum absolute atomic E-state index is 10.1. The van der Waals surface area contributed by atoms with E-state index >= 15 is 0 Å². The van der Waals surface area contributed by atoms with Crippen LogP contribution in [0.4, 0.5) is 0 Å². The van der Waals surface area contributed by atoms with Crippen molar-refractivity contribution >= 4 is 0 Å². The summed E-state index contributed by atoms with van der Waals surface area (Å²) in [5.74, 6) is 0.881. The molecule has 3 unspecified atom stereocenters. The van der Waals surface area contributed by atoms with E-state index in [0.29, 0.717) is 17.7 Å². The lowest BCUT2D eigenvalue weighted by Gasteiger charge is -2.56. The smallest absolute Gasteiger partial charge is 0.115 e. The summed E-state index contributed by atoms with van der Waals surface area (Å²) in [5, 5.41) is 10.1. The van der Waals surface area contributed by atoms with E-state index in [1.165, 1.54) is 16.7 Å². The van der Waals surface area contributed by atoms with Crippen LogP contribution >= 0.6 is 0 Å². The number of phenols is 1. The average molecular weight is 319 g/mol. The molecule has 1 heterocycles. The third kappa shape index (κ3) is 2.13. The van der Waals surface area contributed by atoms with Gasteiger partial charge in [0, 0.05) is 18.0 Å². The molecular formula is C22H25NO. The first-order valence-corrected chi connectivity index (χ1v) is 8.89. The van der Waals surface area contributed by atoms with Crippen molar-refractivity contribution in [1.29, 1.82) is 0 Å². The third-order valence-corrected chi connectivity index (χ3v) is 6.27. The molecule has 124 valence electrons. The van der Waals surface area contributed by atoms with Gasteiger partial charge in [0.25, 0.3) is 0 Å². The maximum atomic E-state index is 10.1. The standard InChI is InChI=1S/C22H25NO/c1-3-12-23-13-11-22(18-7-5-4-6-8-18)16(2)21(23)14-17-9-10-19(24)15-20(17)22/h3-10,15-16,21,24H,1,11-14H2,2H3. The summed E-state index contributed by atoms with van der Waals surface area (Å²) in [4.78, 5) is 2.58. The van der Waals surface area contributed by atoms with Crippen LogP contribution in [0.25, 0.3) is 0 Å². The molecule has 2 bridgehead atoms. The number of likely N-dealkylation sites (tertiary alicyclic amines) is 1. The highest BCUT2D eigenvalue weighted by atomic mass is 16.3. The molecule has 3 atom stereocenters. The third-order valence-electron chi connectivity index (χ3n) is 6.27. The van der Waals surface area contributed by atoms with E-state index < -0.39 is 0 Å². The Morgan fingerprint density at radius 3 is 2.79 bits per heavy atom. The van der Waals surface area contributed by atoms with Gasteiger partial charge < -0.3 is 5.11 Å². The van der Waals surface area contributed by atoms with Crippen molar-refractivity contribution in [3.05, 3.63) is 77.9 Å². The number of nitrogens with zero attached hydrogens (tertiary/aromatic N) is 1. The predicted octanol–water partition coefficient (Wildman–Crippen LogP) is 4.13. The van der Waals surface area contributed by atoms with Gasteiger partial charge in [0.2, 0.25) is 0 Å². The van der Waals surface area contributed by atoms with Crippen molar-refractivity contribution in [2.45, 2.75) is 31.2 Å². The zero-order valence-electron chi connectivity index (χ0n) is 14.3. The van der Waals surface area contributed by atoms with E-state index in [0.717, 1.165) is 25.9 Å².